The molecular weight excluding hydrogens is 342 g/mol. The van der Waals surface area contributed by atoms with Crippen molar-refractivity contribution in [3.63, 3.8) is 0 Å². The van der Waals surface area contributed by atoms with Gasteiger partial charge in [-0.25, -0.2) is 14.5 Å². The van der Waals surface area contributed by atoms with Gasteiger partial charge in [0.2, 0.25) is 5.95 Å². The van der Waals surface area contributed by atoms with Crippen LogP contribution in [-0.2, 0) is 0 Å². The highest BCUT2D eigenvalue weighted by atomic mass is 16.3. The first-order chi connectivity index (χ1) is 13.1. The minimum Gasteiger partial charge on any atom is -0.390 e. The van der Waals surface area contributed by atoms with Gasteiger partial charge in [-0.2, -0.15) is 10.1 Å². The van der Waals surface area contributed by atoms with Gasteiger partial charge in [0.15, 0.2) is 5.65 Å². The number of fused-ring (bicyclic) bond motifs is 2. The van der Waals surface area contributed by atoms with Crippen molar-refractivity contribution in [1.82, 2.24) is 29.5 Å². The van der Waals surface area contributed by atoms with E-state index in [1.165, 1.54) is 0 Å². The molecule has 0 saturated heterocycles. The molecule has 8 nitrogen and oxygen atoms in total. The number of nitrogens with one attached hydrogen (secondary N) is 2. The predicted octanol–water partition coefficient (Wildman–Crippen LogP) is 2.77. The summed E-state index contributed by atoms with van der Waals surface area (Å²) in [7, 11) is 0. The Morgan fingerprint density at radius 3 is 2.96 bits per heavy atom. The van der Waals surface area contributed by atoms with Crippen LogP contribution in [0.25, 0.3) is 27.9 Å². The van der Waals surface area contributed by atoms with Gasteiger partial charge < -0.3 is 15.4 Å². The quantitative estimate of drug-likeness (QED) is 0.517. The lowest BCUT2D eigenvalue weighted by atomic mass is 9.84. The molecule has 0 aliphatic heterocycles. The van der Waals surface area contributed by atoms with Crippen molar-refractivity contribution in [3.05, 3.63) is 36.9 Å². The Morgan fingerprint density at radius 1 is 1.26 bits per heavy atom. The molecule has 27 heavy (non-hydrogen) atoms. The molecule has 5 rings (SSSR count). The Bertz CT molecular complexity index is 1100. The van der Waals surface area contributed by atoms with Crippen molar-refractivity contribution in [2.75, 3.05) is 5.32 Å². The van der Waals surface area contributed by atoms with Crippen LogP contribution in [0.5, 0.6) is 0 Å². The molecule has 1 saturated carbocycles. The first-order valence-electron chi connectivity index (χ1n) is 9.21. The monoisotopic (exact) mass is 363 g/mol. The molecular formula is C19H21N7O. The molecule has 0 amide bonds. The van der Waals surface area contributed by atoms with Crippen LogP contribution in [-0.4, -0.2) is 46.3 Å². The molecule has 8 heteroatoms. The van der Waals surface area contributed by atoms with Crippen molar-refractivity contribution in [1.29, 1.82) is 0 Å². The van der Waals surface area contributed by atoms with E-state index in [0.29, 0.717) is 12.0 Å². The molecule has 1 fully saturated rings. The van der Waals surface area contributed by atoms with Gasteiger partial charge in [-0.3, -0.25) is 0 Å². The lowest BCUT2D eigenvalue weighted by molar-refractivity contribution is 0.0196. The summed E-state index contributed by atoms with van der Waals surface area (Å²) in [5.41, 5.74) is 2.86. The van der Waals surface area contributed by atoms with E-state index in [1.54, 1.807) is 10.7 Å². The maximum absolute atomic E-state index is 10.1. The zero-order chi connectivity index (χ0) is 18.4. The van der Waals surface area contributed by atoms with Crippen LogP contribution < -0.4 is 5.32 Å². The average Bonchev–Trinajstić information content (AvgIpc) is 3.29. The van der Waals surface area contributed by atoms with E-state index < -0.39 is 5.60 Å². The Morgan fingerprint density at radius 2 is 2.11 bits per heavy atom. The summed E-state index contributed by atoms with van der Waals surface area (Å²) >= 11 is 0. The fraction of sp³-hybridized carbons (Fsp3) is 0.368. The normalized spacial score (nSPS) is 23.1. The predicted molar refractivity (Wildman–Crippen MR) is 102 cm³/mol. The van der Waals surface area contributed by atoms with Crippen LogP contribution >= 0.6 is 0 Å². The van der Waals surface area contributed by atoms with Crippen molar-refractivity contribution < 1.29 is 5.11 Å². The number of anilines is 1. The number of hydrogen-bond acceptors (Lipinski definition) is 6. The minimum atomic E-state index is -0.541. The summed E-state index contributed by atoms with van der Waals surface area (Å²) < 4.78 is 1.73. The van der Waals surface area contributed by atoms with E-state index in [0.717, 1.165) is 53.6 Å². The van der Waals surface area contributed by atoms with Gasteiger partial charge in [-0.15, -0.1) is 0 Å². The minimum absolute atomic E-state index is 0.294. The Hall–Kier alpha value is -3.00. The Kier molecular flexibility index (Phi) is 3.61. The fourth-order valence-electron chi connectivity index (χ4n) is 3.72. The number of H-pyrrole nitrogens is 1. The summed E-state index contributed by atoms with van der Waals surface area (Å²) in [6.07, 6.45) is 10.8. The molecule has 4 aromatic heterocycles. The second-order valence-corrected chi connectivity index (χ2v) is 7.52. The molecule has 1 aliphatic carbocycles. The molecule has 3 N–H and O–H groups in total. The summed E-state index contributed by atoms with van der Waals surface area (Å²) in [5, 5.41) is 18.6. The molecule has 0 aromatic carbocycles. The third kappa shape index (κ3) is 3.02. The number of nitrogens with zero attached hydrogens (tertiary/aromatic N) is 5. The first-order valence-corrected chi connectivity index (χ1v) is 9.21. The van der Waals surface area contributed by atoms with Gasteiger partial charge in [0.05, 0.1) is 17.5 Å². The number of aromatic amines is 1. The van der Waals surface area contributed by atoms with Gasteiger partial charge in [0.25, 0.3) is 0 Å². The van der Waals surface area contributed by atoms with Gasteiger partial charge in [-0.1, -0.05) is 0 Å². The number of rotatable bonds is 3. The molecule has 4 aromatic rings. The zero-order valence-corrected chi connectivity index (χ0v) is 15.1. The van der Waals surface area contributed by atoms with E-state index in [1.807, 2.05) is 37.6 Å². The molecule has 0 unspecified atom stereocenters. The maximum Gasteiger partial charge on any atom is 0.224 e. The van der Waals surface area contributed by atoms with Crippen LogP contribution in [0, 0.1) is 0 Å². The smallest absolute Gasteiger partial charge is 0.224 e. The van der Waals surface area contributed by atoms with Crippen LogP contribution in [0.3, 0.4) is 0 Å². The second kappa shape index (κ2) is 6.02. The maximum atomic E-state index is 10.1. The third-order valence-corrected chi connectivity index (χ3v) is 5.36. The number of hydrogen-bond donors (Lipinski definition) is 3. The van der Waals surface area contributed by atoms with E-state index in [9.17, 15) is 5.11 Å². The topological polar surface area (TPSA) is 104 Å². The molecule has 0 bridgehead atoms. The Labute approximate surface area is 155 Å². The highest BCUT2D eigenvalue weighted by Gasteiger charge is 2.28. The summed E-state index contributed by atoms with van der Waals surface area (Å²) in [5.74, 6) is 0.613. The lowest BCUT2D eigenvalue weighted by Gasteiger charge is -2.33. The second-order valence-electron chi connectivity index (χ2n) is 7.52. The molecule has 1 aliphatic rings. The van der Waals surface area contributed by atoms with Crippen LogP contribution in [0.15, 0.2) is 36.9 Å². The van der Waals surface area contributed by atoms with Crippen molar-refractivity contribution in [2.45, 2.75) is 44.2 Å². The van der Waals surface area contributed by atoms with E-state index in [4.69, 9.17) is 0 Å². The molecule has 0 atom stereocenters. The van der Waals surface area contributed by atoms with Gasteiger partial charge >= 0.3 is 0 Å². The number of aromatic nitrogens is 6. The summed E-state index contributed by atoms with van der Waals surface area (Å²) in [4.78, 5) is 17.0. The fourth-order valence-corrected chi connectivity index (χ4v) is 3.72. The summed E-state index contributed by atoms with van der Waals surface area (Å²) in [6, 6.07) is 4.10. The van der Waals surface area contributed by atoms with Crippen LogP contribution in [0.4, 0.5) is 5.95 Å². The average molecular weight is 363 g/mol. The highest BCUT2D eigenvalue weighted by Crippen LogP contribution is 2.30. The molecule has 4 heterocycles. The summed E-state index contributed by atoms with van der Waals surface area (Å²) in [6.45, 7) is 1.90. The standard InChI is InChI=1S/C19H21N7O/c1-19(27)6-2-12(3-7-19)23-18-21-11-14-13(10-20-17(14)25-18)15-5-9-26-16(24-15)4-8-22-26/h4-5,8-12,27H,2-3,6-7H2,1H3,(H2,20,21,23,25). The van der Waals surface area contributed by atoms with Crippen molar-refractivity contribution in [2.24, 2.45) is 0 Å². The van der Waals surface area contributed by atoms with Crippen molar-refractivity contribution >= 4 is 22.6 Å². The molecule has 0 spiro atoms. The van der Waals surface area contributed by atoms with Crippen LogP contribution in [0.1, 0.15) is 32.6 Å². The number of aliphatic hydroxyl groups is 1. The Balaban J connectivity index is 1.41. The van der Waals surface area contributed by atoms with E-state index in [2.05, 4.69) is 30.4 Å². The SMILES string of the molecule is CC1(O)CCC(Nc2ncc3c(-c4ccn5nccc5n4)c[nH]c3n2)CC1. The van der Waals surface area contributed by atoms with Gasteiger partial charge in [0.1, 0.15) is 5.65 Å². The zero-order valence-electron chi connectivity index (χ0n) is 15.1. The largest absolute Gasteiger partial charge is 0.390 e. The van der Waals surface area contributed by atoms with E-state index in [-0.39, 0.29) is 0 Å². The van der Waals surface area contributed by atoms with Gasteiger partial charge in [-0.05, 0) is 38.7 Å². The van der Waals surface area contributed by atoms with Crippen molar-refractivity contribution in [3.8, 4) is 11.3 Å². The first kappa shape index (κ1) is 16.2. The van der Waals surface area contributed by atoms with Crippen LogP contribution in [0.2, 0.25) is 0 Å². The van der Waals surface area contributed by atoms with E-state index >= 15 is 0 Å². The van der Waals surface area contributed by atoms with Gasteiger partial charge in [0, 0.05) is 41.6 Å². The highest BCUT2D eigenvalue weighted by molar-refractivity contribution is 5.92. The lowest BCUT2D eigenvalue weighted by Crippen LogP contribution is -2.36. The third-order valence-electron chi connectivity index (χ3n) is 5.36. The molecule has 138 valence electrons. The molecule has 0 radical (unpaired) electrons.